The van der Waals surface area contributed by atoms with Gasteiger partial charge in [0, 0.05) is 36.0 Å². The maximum atomic E-state index is 12.1. The third-order valence-corrected chi connectivity index (χ3v) is 4.27. The number of amides is 1. The van der Waals surface area contributed by atoms with Crippen LogP contribution in [0.3, 0.4) is 0 Å². The van der Waals surface area contributed by atoms with Crippen LogP contribution in [-0.4, -0.2) is 23.5 Å². The van der Waals surface area contributed by atoms with Crippen LogP contribution in [0, 0.1) is 5.92 Å². The fraction of sp³-hybridized carbons (Fsp3) is 0.444. The van der Waals surface area contributed by atoms with E-state index in [2.05, 4.69) is 24.1 Å². The number of benzene rings is 1. The third-order valence-electron chi connectivity index (χ3n) is 3.72. The Kier molecular flexibility index (Phi) is 12.0. The summed E-state index contributed by atoms with van der Waals surface area (Å²) in [7, 11) is 0. The molecule has 2 aromatic rings. The number of carbonyl (C=O) groups excluding carboxylic acids is 1. The fourth-order valence-electron chi connectivity index (χ4n) is 2.54. The Hall–Kier alpha value is -0.980. The highest BCUT2D eigenvalue weighted by Gasteiger charge is 2.14. The SMILES string of the molecule is CC(C)CC(CN)NC(=O)CCc1ncc(-c2ccc(Cl)cc2Cl)o1.Cl.Cl. The molecule has 0 saturated heterocycles. The molecule has 152 valence electrons. The molecule has 0 aliphatic carbocycles. The number of nitrogens with two attached hydrogens (primary N) is 1. The van der Waals surface area contributed by atoms with Crippen LogP contribution in [0.1, 0.15) is 32.6 Å². The smallest absolute Gasteiger partial charge is 0.220 e. The number of aromatic nitrogens is 1. The minimum Gasteiger partial charge on any atom is -0.441 e. The lowest BCUT2D eigenvalue weighted by Gasteiger charge is -2.18. The number of hydrogen-bond acceptors (Lipinski definition) is 4. The van der Waals surface area contributed by atoms with Crippen molar-refractivity contribution in [2.75, 3.05) is 6.54 Å². The summed E-state index contributed by atoms with van der Waals surface area (Å²) in [6.07, 6.45) is 3.17. The van der Waals surface area contributed by atoms with Crippen LogP contribution < -0.4 is 11.1 Å². The van der Waals surface area contributed by atoms with Crippen LogP contribution in [0.4, 0.5) is 0 Å². The lowest BCUT2D eigenvalue weighted by atomic mass is 10.0. The van der Waals surface area contributed by atoms with E-state index in [1.165, 1.54) is 0 Å². The Balaban J connectivity index is 0.00000338. The van der Waals surface area contributed by atoms with Crippen molar-refractivity contribution >= 4 is 53.9 Å². The van der Waals surface area contributed by atoms with Gasteiger partial charge in [0.15, 0.2) is 11.7 Å². The van der Waals surface area contributed by atoms with Gasteiger partial charge in [-0.05, 0) is 30.5 Å². The topological polar surface area (TPSA) is 81.1 Å². The van der Waals surface area contributed by atoms with E-state index >= 15 is 0 Å². The van der Waals surface area contributed by atoms with Crippen LogP contribution in [0.15, 0.2) is 28.8 Å². The average molecular weight is 457 g/mol. The second-order valence-corrected chi connectivity index (χ2v) is 7.22. The predicted octanol–water partition coefficient (Wildman–Crippen LogP) is 4.91. The number of halogens is 4. The molecule has 0 saturated carbocycles. The summed E-state index contributed by atoms with van der Waals surface area (Å²) < 4.78 is 5.69. The normalized spacial score (nSPS) is 11.5. The van der Waals surface area contributed by atoms with E-state index in [0.29, 0.717) is 47.0 Å². The molecular formula is C18H25Cl4N3O2. The van der Waals surface area contributed by atoms with E-state index in [9.17, 15) is 4.79 Å². The van der Waals surface area contributed by atoms with E-state index in [4.69, 9.17) is 33.4 Å². The number of nitrogens with zero attached hydrogens (tertiary/aromatic N) is 1. The molecule has 3 N–H and O–H groups in total. The van der Waals surface area contributed by atoms with Crippen molar-refractivity contribution in [3.8, 4) is 11.3 Å². The molecule has 1 amide bonds. The highest BCUT2D eigenvalue weighted by molar-refractivity contribution is 6.36. The highest BCUT2D eigenvalue weighted by atomic mass is 35.5. The first kappa shape index (κ1) is 26.0. The molecule has 0 spiro atoms. The van der Waals surface area contributed by atoms with Gasteiger partial charge >= 0.3 is 0 Å². The number of nitrogens with one attached hydrogen (secondary N) is 1. The predicted molar refractivity (Wildman–Crippen MR) is 115 cm³/mol. The molecule has 1 atom stereocenters. The molecule has 5 nitrogen and oxygen atoms in total. The number of oxazole rings is 1. The first-order valence-corrected chi connectivity index (χ1v) is 9.04. The first-order valence-electron chi connectivity index (χ1n) is 8.28. The van der Waals surface area contributed by atoms with Gasteiger partial charge in [-0.1, -0.05) is 37.0 Å². The van der Waals surface area contributed by atoms with Crippen LogP contribution in [0.5, 0.6) is 0 Å². The molecule has 1 heterocycles. The van der Waals surface area contributed by atoms with E-state index < -0.39 is 0 Å². The lowest BCUT2D eigenvalue weighted by Crippen LogP contribution is -2.41. The van der Waals surface area contributed by atoms with Crippen LogP contribution in [0.25, 0.3) is 11.3 Å². The van der Waals surface area contributed by atoms with E-state index in [1.807, 2.05) is 0 Å². The van der Waals surface area contributed by atoms with Crippen molar-refractivity contribution in [3.05, 3.63) is 40.3 Å². The molecule has 1 aromatic heterocycles. The van der Waals surface area contributed by atoms with E-state index in [0.717, 1.165) is 12.0 Å². The standard InChI is InChI=1S/C18H23Cl2N3O2.2ClH/c1-11(2)7-13(9-21)23-17(24)5-6-18-22-10-16(25-18)14-4-3-12(19)8-15(14)20;;/h3-4,8,10-11,13H,5-7,9,21H2,1-2H3,(H,23,24);2*1H. The number of aryl methyl sites for hydroxylation is 1. The Morgan fingerprint density at radius 2 is 2.00 bits per heavy atom. The Labute approximate surface area is 182 Å². The summed E-state index contributed by atoms with van der Waals surface area (Å²) in [4.78, 5) is 16.3. The summed E-state index contributed by atoms with van der Waals surface area (Å²) in [5.74, 6) is 1.47. The quantitative estimate of drug-likeness (QED) is 0.590. The Bertz CT molecular complexity index is 722. The van der Waals surface area contributed by atoms with Gasteiger partial charge in [0.2, 0.25) is 5.91 Å². The Morgan fingerprint density at radius 1 is 1.30 bits per heavy atom. The second-order valence-electron chi connectivity index (χ2n) is 6.37. The lowest BCUT2D eigenvalue weighted by molar-refractivity contribution is -0.121. The van der Waals surface area contributed by atoms with Gasteiger partial charge in [-0.25, -0.2) is 4.98 Å². The zero-order valence-electron chi connectivity index (χ0n) is 15.2. The number of carbonyl (C=O) groups is 1. The van der Waals surface area contributed by atoms with Gasteiger partial charge in [-0.15, -0.1) is 24.8 Å². The summed E-state index contributed by atoms with van der Waals surface area (Å²) in [5.41, 5.74) is 6.42. The summed E-state index contributed by atoms with van der Waals surface area (Å²) >= 11 is 12.1. The molecule has 1 aromatic carbocycles. The number of rotatable bonds is 8. The van der Waals surface area contributed by atoms with Gasteiger partial charge in [-0.3, -0.25) is 4.79 Å². The molecule has 0 fully saturated rings. The van der Waals surface area contributed by atoms with Crippen LogP contribution in [0.2, 0.25) is 10.0 Å². The summed E-state index contributed by atoms with van der Waals surface area (Å²) in [6.45, 7) is 4.64. The van der Waals surface area contributed by atoms with Crippen molar-refractivity contribution in [2.45, 2.75) is 39.2 Å². The average Bonchev–Trinajstić information content (AvgIpc) is 3.00. The minimum absolute atomic E-state index is 0. The fourth-order valence-corrected chi connectivity index (χ4v) is 3.04. The molecule has 0 aliphatic heterocycles. The zero-order chi connectivity index (χ0) is 18.4. The number of hydrogen-bond donors (Lipinski definition) is 2. The highest BCUT2D eigenvalue weighted by Crippen LogP contribution is 2.30. The maximum absolute atomic E-state index is 12.1. The van der Waals surface area contributed by atoms with Crippen molar-refractivity contribution < 1.29 is 9.21 Å². The molecular weight excluding hydrogens is 432 g/mol. The maximum Gasteiger partial charge on any atom is 0.220 e. The monoisotopic (exact) mass is 455 g/mol. The van der Waals surface area contributed by atoms with Gasteiger partial charge in [-0.2, -0.15) is 0 Å². The second kappa shape index (κ2) is 12.5. The molecule has 9 heteroatoms. The molecule has 0 aliphatic rings. The molecule has 0 bridgehead atoms. The minimum atomic E-state index is -0.0552. The van der Waals surface area contributed by atoms with E-state index in [-0.39, 0.29) is 36.8 Å². The molecule has 2 rings (SSSR count). The van der Waals surface area contributed by atoms with Gasteiger partial charge in [0.1, 0.15) is 0 Å². The van der Waals surface area contributed by atoms with Crippen molar-refractivity contribution in [3.63, 3.8) is 0 Å². The van der Waals surface area contributed by atoms with Crippen LogP contribution in [-0.2, 0) is 11.2 Å². The van der Waals surface area contributed by atoms with Crippen molar-refractivity contribution in [2.24, 2.45) is 11.7 Å². The molecule has 0 radical (unpaired) electrons. The van der Waals surface area contributed by atoms with E-state index in [1.54, 1.807) is 24.4 Å². The van der Waals surface area contributed by atoms with Gasteiger partial charge in [0.25, 0.3) is 0 Å². The van der Waals surface area contributed by atoms with Crippen molar-refractivity contribution in [1.29, 1.82) is 0 Å². The summed E-state index contributed by atoms with van der Waals surface area (Å²) in [6, 6.07) is 5.16. The molecule has 1 unspecified atom stereocenters. The molecule has 27 heavy (non-hydrogen) atoms. The van der Waals surface area contributed by atoms with Gasteiger partial charge < -0.3 is 15.5 Å². The van der Waals surface area contributed by atoms with Gasteiger partial charge in [0.05, 0.1) is 11.2 Å². The summed E-state index contributed by atoms with van der Waals surface area (Å²) in [5, 5.41) is 4.00. The third kappa shape index (κ3) is 8.28. The first-order chi connectivity index (χ1) is 11.9. The van der Waals surface area contributed by atoms with Crippen LogP contribution >= 0.6 is 48.0 Å². The Morgan fingerprint density at radius 3 is 2.59 bits per heavy atom. The zero-order valence-corrected chi connectivity index (χ0v) is 18.4. The largest absolute Gasteiger partial charge is 0.441 e. The van der Waals surface area contributed by atoms with Crippen molar-refractivity contribution in [1.82, 2.24) is 10.3 Å².